The van der Waals surface area contributed by atoms with Gasteiger partial charge in [0.1, 0.15) is 0 Å². The number of hydrogen-bond donors (Lipinski definition) is 2. The molecule has 0 heterocycles. The molecular weight excluding hydrogens is 382 g/mol. The molecule has 6 heteroatoms. The first-order chi connectivity index (χ1) is 12.0. The summed E-state index contributed by atoms with van der Waals surface area (Å²) in [7, 11) is 0. The highest BCUT2D eigenvalue weighted by atomic mass is 79.9. The van der Waals surface area contributed by atoms with Crippen molar-refractivity contribution < 1.29 is 9.59 Å². The van der Waals surface area contributed by atoms with Crippen LogP contribution in [0.15, 0.2) is 28.7 Å². The molecule has 25 heavy (non-hydrogen) atoms. The number of benzene rings is 1. The molecule has 1 fully saturated rings. The van der Waals surface area contributed by atoms with Crippen molar-refractivity contribution in [3.63, 3.8) is 0 Å². The Balaban J connectivity index is 2.00. The van der Waals surface area contributed by atoms with E-state index in [9.17, 15) is 9.59 Å². The number of likely N-dealkylation sites (N-methyl/N-ethyl adjacent to an activating group) is 1. The topological polar surface area (TPSA) is 61.4 Å². The lowest BCUT2D eigenvalue weighted by molar-refractivity contribution is -0.139. The highest BCUT2D eigenvalue weighted by molar-refractivity contribution is 9.10. The molecule has 1 aromatic rings. The zero-order valence-electron chi connectivity index (χ0n) is 15.1. The zero-order valence-corrected chi connectivity index (χ0v) is 16.7. The molecule has 1 aromatic carbocycles. The van der Waals surface area contributed by atoms with Gasteiger partial charge in [-0.1, -0.05) is 35.2 Å². The molecule has 2 amide bonds. The lowest BCUT2D eigenvalue weighted by Gasteiger charge is -2.40. The van der Waals surface area contributed by atoms with Gasteiger partial charge in [-0.2, -0.15) is 0 Å². The summed E-state index contributed by atoms with van der Waals surface area (Å²) in [5.41, 5.74) is 0.157. The van der Waals surface area contributed by atoms with Crippen LogP contribution in [-0.4, -0.2) is 41.9 Å². The van der Waals surface area contributed by atoms with E-state index >= 15 is 0 Å². The van der Waals surface area contributed by atoms with Crippen molar-refractivity contribution in [2.24, 2.45) is 0 Å². The number of carbonyl (C=O) groups excluding carboxylic acids is 2. The molecule has 0 atom stereocenters. The Hall–Kier alpha value is -1.40. The van der Waals surface area contributed by atoms with Gasteiger partial charge in [-0.05, 0) is 51.0 Å². The number of halogens is 1. The fourth-order valence-corrected chi connectivity index (χ4v) is 3.69. The summed E-state index contributed by atoms with van der Waals surface area (Å²) in [6, 6.07) is 7.46. The molecule has 0 unspecified atom stereocenters. The normalized spacial score (nSPS) is 16.3. The maximum atomic E-state index is 13.0. The third-order valence-corrected chi connectivity index (χ3v) is 5.41. The third-order valence-electron chi connectivity index (χ3n) is 4.88. The van der Waals surface area contributed by atoms with Gasteiger partial charge in [-0.25, -0.2) is 0 Å². The summed E-state index contributed by atoms with van der Waals surface area (Å²) < 4.78 is 0.967. The average Bonchev–Trinajstić information content (AvgIpc) is 2.63. The van der Waals surface area contributed by atoms with Gasteiger partial charge in [-0.15, -0.1) is 0 Å². The van der Waals surface area contributed by atoms with Crippen LogP contribution in [0.4, 0.5) is 5.69 Å². The molecule has 5 nitrogen and oxygen atoms in total. The molecule has 2 rings (SSSR count). The molecule has 0 radical (unpaired) electrons. The van der Waals surface area contributed by atoms with E-state index in [-0.39, 0.29) is 18.4 Å². The van der Waals surface area contributed by atoms with E-state index in [2.05, 4.69) is 26.6 Å². The van der Waals surface area contributed by atoms with Crippen molar-refractivity contribution in [2.45, 2.75) is 51.5 Å². The van der Waals surface area contributed by atoms with Crippen molar-refractivity contribution in [3.8, 4) is 0 Å². The first kappa shape index (κ1) is 19.9. The van der Waals surface area contributed by atoms with Crippen LogP contribution in [0, 0.1) is 0 Å². The van der Waals surface area contributed by atoms with Gasteiger partial charge in [0, 0.05) is 23.2 Å². The SMILES string of the molecule is CCN(CC)C(=O)C1(NCC(=O)Nc2ccc(Br)cc2)CCCCC1. The smallest absolute Gasteiger partial charge is 0.242 e. The molecule has 1 aliphatic carbocycles. The predicted octanol–water partition coefficient (Wildman–Crippen LogP) is 3.55. The number of rotatable bonds is 7. The Labute approximate surface area is 158 Å². The van der Waals surface area contributed by atoms with Gasteiger partial charge in [0.2, 0.25) is 11.8 Å². The molecule has 2 N–H and O–H groups in total. The summed E-state index contributed by atoms with van der Waals surface area (Å²) in [5, 5.41) is 6.18. The van der Waals surface area contributed by atoms with E-state index in [4.69, 9.17) is 0 Å². The predicted molar refractivity (Wildman–Crippen MR) is 105 cm³/mol. The second kappa shape index (κ2) is 9.34. The zero-order chi connectivity index (χ0) is 18.3. The number of amides is 2. The van der Waals surface area contributed by atoms with Crippen LogP contribution in [0.3, 0.4) is 0 Å². The Morgan fingerprint density at radius 1 is 1.08 bits per heavy atom. The van der Waals surface area contributed by atoms with Gasteiger partial charge in [0.05, 0.1) is 12.1 Å². The van der Waals surface area contributed by atoms with Crippen LogP contribution in [-0.2, 0) is 9.59 Å². The number of hydrogen-bond acceptors (Lipinski definition) is 3. The van der Waals surface area contributed by atoms with Crippen LogP contribution >= 0.6 is 15.9 Å². The van der Waals surface area contributed by atoms with Gasteiger partial charge >= 0.3 is 0 Å². The lowest BCUT2D eigenvalue weighted by Crippen LogP contribution is -2.60. The second-order valence-corrected chi connectivity index (χ2v) is 7.44. The lowest BCUT2D eigenvalue weighted by atomic mass is 9.80. The van der Waals surface area contributed by atoms with Gasteiger partial charge < -0.3 is 10.2 Å². The number of carbonyl (C=O) groups is 2. The standard InChI is InChI=1S/C19H28BrN3O2/c1-3-23(4-2)18(25)19(12-6-5-7-13-19)21-14-17(24)22-16-10-8-15(20)9-11-16/h8-11,21H,3-7,12-14H2,1-2H3,(H,22,24). The maximum Gasteiger partial charge on any atom is 0.242 e. The quantitative estimate of drug-likeness (QED) is 0.723. The fourth-order valence-electron chi connectivity index (χ4n) is 3.42. The highest BCUT2D eigenvalue weighted by Crippen LogP contribution is 2.30. The molecule has 0 aliphatic heterocycles. The summed E-state index contributed by atoms with van der Waals surface area (Å²) in [5.74, 6) is 0.00765. The van der Waals surface area contributed by atoms with Crippen LogP contribution in [0.25, 0.3) is 0 Å². The molecule has 0 aromatic heterocycles. The van der Waals surface area contributed by atoms with Crippen molar-refractivity contribution in [1.82, 2.24) is 10.2 Å². The van der Waals surface area contributed by atoms with Crippen molar-refractivity contribution in [2.75, 3.05) is 25.0 Å². The van der Waals surface area contributed by atoms with E-state index in [1.165, 1.54) is 0 Å². The van der Waals surface area contributed by atoms with Crippen molar-refractivity contribution in [3.05, 3.63) is 28.7 Å². The molecule has 0 spiro atoms. The molecule has 1 aliphatic rings. The first-order valence-corrected chi connectivity index (χ1v) is 9.90. The van der Waals surface area contributed by atoms with E-state index in [0.29, 0.717) is 13.1 Å². The monoisotopic (exact) mass is 409 g/mol. The number of anilines is 1. The number of nitrogens with zero attached hydrogens (tertiary/aromatic N) is 1. The van der Waals surface area contributed by atoms with E-state index in [1.54, 1.807) is 0 Å². The van der Waals surface area contributed by atoms with Crippen LogP contribution in [0.1, 0.15) is 46.0 Å². The van der Waals surface area contributed by atoms with Crippen molar-refractivity contribution >= 4 is 33.4 Å². The van der Waals surface area contributed by atoms with Crippen LogP contribution < -0.4 is 10.6 Å². The molecule has 1 saturated carbocycles. The van der Waals surface area contributed by atoms with Gasteiger partial charge in [0.25, 0.3) is 0 Å². The van der Waals surface area contributed by atoms with Crippen LogP contribution in [0.2, 0.25) is 0 Å². The molecule has 0 bridgehead atoms. The summed E-state index contributed by atoms with van der Waals surface area (Å²) >= 11 is 3.38. The Kier molecular flexibility index (Phi) is 7.44. The van der Waals surface area contributed by atoms with Gasteiger partial charge in [-0.3, -0.25) is 14.9 Å². The van der Waals surface area contributed by atoms with E-state index in [1.807, 2.05) is 43.0 Å². The van der Waals surface area contributed by atoms with E-state index in [0.717, 1.165) is 42.3 Å². The summed E-state index contributed by atoms with van der Waals surface area (Å²) in [6.45, 7) is 5.53. The van der Waals surface area contributed by atoms with E-state index < -0.39 is 5.54 Å². The van der Waals surface area contributed by atoms with Crippen molar-refractivity contribution in [1.29, 1.82) is 0 Å². The molecular formula is C19H28BrN3O2. The van der Waals surface area contributed by atoms with Gasteiger partial charge in [0.15, 0.2) is 0 Å². The summed E-state index contributed by atoms with van der Waals surface area (Å²) in [4.78, 5) is 27.2. The maximum absolute atomic E-state index is 13.0. The fraction of sp³-hybridized carbons (Fsp3) is 0.579. The first-order valence-electron chi connectivity index (χ1n) is 9.10. The molecule has 0 saturated heterocycles. The second-order valence-electron chi connectivity index (χ2n) is 6.53. The number of nitrogens with one attached hydrogen (secondary N) is 2. The minimum absolute atomic E-state index is 0.125. The Morgan fingerprint density at radius 3 is 2.24 bits per heavy atom. The highest BCUT2D eigenvalue weighted by Gasteiger charge is 2.41. The largest absolute Gasteiger partial charge is 0.342 e. The molecule has 138 valence electrons. The summed E-state index contributed by atoms with van der Waals surface area (Å²) in [6.07, 6.45) is 4.80. The minimum atomic E-state index is -0.596. The minimum Gasteiger partial charge on any atom is -0.342 e. The Bertz CT molecular complexity index is 579. The third kappa shape index (κ3) is 5.28. The van der Waals surface area contributed by atoms with Crippen LogP contribution in [0.5, 0.6) is 0 Å². The average molecular weight is 410 g/mol. The Morgan fingerprint density at radius 2 is 1.68 bits per heavy atom.